The average Bonchev–Trinajstić information content (AvgIpc) is 3.25. The topological polar surface area (TPSA) is 89.5 Å². The van der Waals surface area contributed by atoms with Gasteiger partial charge in [0.15, 0.2) is 0 Å². The van der Waals surface area contributed by atoms with Crippen molar-refractivity contribution in [2.45, 2.75) is 177 Å². The first-order valence-electron chi connectivity index (χ1n) is 17.3. The van der Waals surface area contributed by atoms with Gasteiger partial charge in [-0.1, -0.05) is 32.1 Å². The zero-order valence-electron chi connectivity index (χ0n) is 31.2. The fourth-order valence-electron chi connectivity index (χ4n) is 5.63. The maximum atomic E-state index is 12.5. The molecule has 0 N–H and O–H groups in total. The SMILES string of the molecule is CCOC(=O)C(C)(C)CCCCC/C(B1OC(C)(C)C(C)(C)O1)=C(\CCCCC(C)(C)C(=O)OCC)B1OC(C)(C)C(C)(C)O1. The maximum Gasteiger partial charge on any atom is 0.489 e. The van der Waals surface area contributed by atoms with Gasteiger partial charge >= 0.3 is 26.2 Å². The predicted molar refractivity (Wildman–Crippen MR) is 182 cm³/mol. The summed E-state index contributed by atoms with van der Waals surface area (Å²) in [5.74, 6) is -0.298. The van der Waals surface area contributed by atoms with E-state index in [-0.39, 0.29) is 11.9 Å². The van der Waals surface area contributed by atoms with E-state index in [1.54, 1.807) is 0 Å². The standard InChI is InChI=1S/C35H64B2O8/c1-15-40-28(38)30(3,4)24-20-17-18-22-26(36-42-32(7,8)33(9,10)43-36)27(37-44-34(11,12)35(13,14)45-37)23-19-21-25-31(5,6)29(39)41-16-2/h15-25H2,1-14H3/b27-26-. The third-order valence-corrected chi connectivity index (χ3v) is 10.4. The van der Waals surface area contributed by atoms with Crippen LogP contribution in [0.4, 0.5) is 0 Å². The lowest BCUT2D eigenvalue weighted by Gasteiger charge is -2.32. The second-order valence-electron chi connectivity index (χ2n) is 16.2. The number of ether oxygens (including phenoxy) is 2. The summed E-state index contributed by atoms with van der Waals surface area (Å²) in [5.41, 5.74) is -0.853. The monoisotopic (exact) mass is 634 g/mol. The van der Waals surface area contributed by atoms with E-state index in [1.807, 2.05) is 41.5 Å². The molecular formula is C35H64B2O8. The number of carbonyl (C=O) groups is 2. The highest BCUT2D eigenvalue weighted by Gasteiger charge is 2.56. The van der Waals surface area contributed by atoms with Crippen molar-refractivity contribution in [1.82, 2.24) is 0 Å². The molecule has 8 nitrogen and oxygen atoms in total. The van der Waals surface area contributed by atoms with Crippen molar-refractivity contribution in [2.75, 3.05) is 13.2 Å². The summed E-state index contributed by atoms with van der Waals surface area (Å²) in [6, 6.07) is 0. The molecule has 2 aliphatic heterocycles. The Bertz CT molecular complexity index is 1010. The summed E-state index contributed by atoms with van der Waals surface area (Å²) in [7, 11) is -1.04. The van der Waals surface area contributed by atoms with Gasteiger partial charge in [-0.05, 0) is 134 Å². The minimum atomic E-state index is -0.546. The van der Waals surface area contributed by atoms with E-state index in [2.05, 4.69) is 55.4 Å². The fraction of sp³-hybridized carbons (Fsp3) is 0.886. The van der Waals surface area contributed by atoms with Crippen molar-refractivity contribution < 1.29 is 37.7 Å². The van der Waals surface area contributed by atoms with Gasteiger partial charge in [0.1, 0.15) is 0 Å². The summed E-state index contributed by atoms with van der Waals surface area (Å²) in [5, 5.41) is 0. The summed E-state index contributed by atoms with van der Waals surface area (Å²) in [6.07, 6.45) is 7.50. The van der Waals surface area contributed by atoms with Gasteiger partial charge in [0.2, 0.25) is 0 Å². The van der Waals surface area contributed by atoms with Crippen LogP contribution in [0.15, 0.2) is 10.9 Å². The maximum absolute atomic E-state index is 12.5. The van der Waals surface area contributed by atoms with Crippen molar-refractivity contribution in [3.05, 3.63) is 10.9 Å². The van der Waals surface area contributed by atoms with E-state index < -0.39 is 47.5 Å². The van der Waals surface area contributed by atoms with Gasteiger partial charge < -0.3 is 28.1 Å². The summed E-state index contributed by atoms with van der Waals surface area (Å²) >= 11 is 0. The molecule has 0 bridgehead atoms. The molecular weight excluding hydrogens is 570 g/mol. The van der Waals surface area contributed by atoms with Crippen molar-refractivity contribution >= 4 is 26.2 Å². The molecule has 0 atom stereocenters. The van der Waals surface area contributed by atoms with Crippen LogP contribution >= 0.6 is 0 Å². The van der Waals surface area contributed by atoms with Crippen molar-refractivity contribution in [1.29, 1.82) is 0 Å². The van der Waals surface area contributed by atoms with Gasteiger partial charge in [0, 0.05) is 0 Å². The van der Waals surface area contributed by atoms with Crippen LogP contribution in [0.25, 0.3) is 0 Å². The molecule has 45 heavy (non-hydrogen) atoms. The van der Waals surface area contributed by atoms with Crippen molar-refractivity contribution in [3.63, 3.8) is 0 Å². The average molecular weight is 635 g/mol. The van der Waals surface area contributed by atoms with Crippen LogP contribution in [0.5, 0.6) is 0 Å². The molecule has 10 heteroatoms. The summed E-state index contributed by atoms with van der Waals surface area (Å²) < 4.78 is 37.2. The van der Waals surface area contributed by atoms with E-state index in [9.17, 15) is 9.59 Å². The lowest BCUT2D eigenvalue weighted by Crippen LogP contribution is -2.41. The Morgan fingerprint density at radius 3 is 1.13 bits per heavy atom. The Balaban J connectivity index is 2.36. The molecule has 2 aliphatic rings. The van der Waals surface area contributed by atoms with Crippen LogP contribution in [0.1, 0.15) is 155 Å². The number of hydrogen-bond donors (Lipinski definition) is 0. The Hall–Kier alpha value is -1.35. The van der Waals surface area contributed by atoms with Crippen LogP contribution in [0.3, 0.4) is 0 Å². The molecule has 0 radical (unpaired) electrons. The third-order valence-electron chi connectivity index (χ3n) is 10.4. The highest BCUT2D eigenvalue weighted by atomic mass is 16.7. The number of rotatable bonds is 17. The summed E-state index contributed by atoms with van der Waals surface area (Å²) in [6.45, 7) is 28.9. The van der Waals surface area contributed by atoms with Gasteiger partial charge in [-0.15, -0.1) is 0 Å². The molecule has 2 rings (SSSR count). The van der Waals surface area contributed by atoms with Crippen LogP contribution in [-0.2, 0) is 37.7 Å². The Kier molecular flexibility index (Phi) is 13.5. The molecule has 0 amide bonds. The molecule has 2 saturated heterocycles. The van der Waals surface area contributed by atoms with Crippen LogP contribution in [0.2, 0.25) is 0 Å². The molecule has 0 spiro atoms. The minimum absolute atomic E-state index is 0.142. The predicted octanol–water partition coefficient (Wildman–Crippen LogP) is 8.24. The number of hydrogen-bond acceptors (Lipinski definition) is 8. The van der Waals surface area contributed by atoms with Crippen LogP contribution in [0, 0.1) is 10.8 Å². The molecule has 0 saturated carbocycles. The van der Waals surface area contributed by atoms with Crippen LogP contribution < -0.4 is 0 Å². The first-order valence-corrected chi connectivity index (χ1v) is 17.3. The Morgan fingerprint density at radius 1 is 0.533 bits per heavy atom. The van der Waals surface area contributed by atoms with Crippen molar-refractivity contribution in [3.8, 4) is 0 Å². The first kappa shape index (κ1) is 39.8. The van der Waals surface area contributed by atoms with Gasteiger partial charge in [-0.3, -0.25) is 9.59 Å². The molecule has 0 aromatic carbocycles. The molecule has 0 unspecified atom stereocenters. The third kappa shape index (κ3) is 10.1. The molecule has 0 aliphatic carbocycles. The Labute approximate surface area is 275 Å². The second-order valence-corrected chi connectivity index (χ2v) is 16.2. The van der Waals surface area contributed by atoms with E-state index in [0.717, 1.165) is 68.7 Å². The molecule has 0 aromatic heterocycles. The van der Waals surface area contributed by atoms with Gasteiger partial charge in [0.25, 0.3) is 0 Å². The summed E-state index contributed by atoms with van der Waals surface area (Å²) in [4.78, 5) is 24.9. The lowest BCUT2D eigenvalue weighted by molar-refractivity contribution is -0.154. The minimum Gasteiger partial charge on any atom is -0.466 e. The zero-order valence-corrected chi connectivity index (χ0v) is 31.2. The fourth-order valence-corrected chi connectivity index (χ4v) is 5.63. The largest absolute Gasteiger partial charge is 0.489 e. The van der Waals surface area contributed by atoms with Crippen molar-refractivity contribution in [2.24, 2.45) is 10.8 Å². The smallest absolute Gasteiger partial charge is 0.466 e. The van der Waals surface area contributed by atoms with E-state index in [4.69, 9.17) is 28.1 Å². The highest BCUT2D eigenvalue weighted by molar-refractivity contribution is 6.62. The second kappa shape index (κ2) is 15.3. The normalized spacial score (nSPS) is 21.1. The van der Waals surface area contributed by atoms with E-state index in [1.165, 1.54) is 0 Å². The molecule has 0 aromatic rings. The number of esters is 2. The number of carbonyl (C=O) groups excluding carboxylic acids is 2. The van der Waals surface area contributed by atoms with Gasteiger partial charge in [0.05, 0.1) is 46.4 Å². The first-order chi connectivity index (χ1) is 20.5. The van der Waals surface area contributed by atoms with Crippen LogP contribution in [-0.4, -0.2) is 61.8 Å². The molecule has 2 heterocycles. The molecule has 2 fully saturated rings. The zero-order chi connectivity index (χ0) is 34.5. The molecule has 258 valence electrons. The van der Waals surface area contributed by atoms with E-state index in [0.29, 0.717) is 13.2 Å². The Morgan fingerprint density at radius 2 is 0.822 bits per heavy atom. The number of unbranched alkanes of at least 4 members (excludes halogenated alkanes) is 3. The number of allylic oxidation sites excluding steroid dienone is 2. The highest BCUT2D eigenvalue weighted by Crippen LogP contribution is 2.44. The quantitative estimate of drug-likeness (QED) is 0.0898. The van der Waals surface area contributed by atoms with Gasteiger partial charge in [-0.25, -0.2) is 0 Å². The lowest BCUT2D eigenvalue weighted by atomic mass is 9.61. The van der Waals surface area contributed by atoms with Gasteiger partial charge in [-0.2, -0.15) is 0 Å². The van der Waals surface area contributed by atoms with E-state index >= 15 is 0 Å².